The van der Waals surface area contributed by atoms with Crippen LogP contribution in [0, 0.1) is 6.92 Å². The Labute approximate surface area is 169 Å². The van der Waals surface area contributed by atoms with Crippen molar-refractivity contribution in [3.63, 3.8) is 0 Å². The highest BCUT2D eigenvalue weighted by atomic mass is 16.5. The van der Waals surface area contributed by atoms with Crippen LogP contribution in [-0.2, 0) is 16.1 Å². The molecule has 0 radical (unpaired) electrons. The van der Waals surface area contributed by atoms with Crippen LogP contribution < -0.4 is 15.8 Å². The monoisotopic (exact) mass is 391 g/mol. The highest BCUT2D eigenvalue weighted by Gasteiger charge is 2.31. The highest BCUT2D eigenvalue weighted by Crippen LogP contribution is 2.27. The maximum absolute atomic E-state index is 12.4. The van der Waals surface area contributed by atoms with Crippen molar-refractivity contribution in [3.8, 4) is 0 Å². The summed E-state index contributed by atoms with van der Waals surface area (Å²) in [7, 11) is 1.43. The predicted octanol–water partition coefficient (Wildman–Crippen LogP) is 3.59. The molecule has 1 aromatic heterocycles. The molecule has 150 valence electrons. The number of carbonyl (C=O) groups is 1. The topological polar surface area (TPSA) is 74.4 Å². The molecule has 6 nitrogen and oxygen atoms in total. The third kappa shape index (κ3) is 3.83. The number of aryl methyl sites for hydroxylation is 1. The molecule has 1 fully saturated rings. The van der Waals surface area contributed by atoms with Crippen LogP contribution in [0.4, 0.5) is 11.4 Å². The van der Waals surface area contributed by atoms with E-state index in [1.54, 1.807) is 0 Å². The fraction of sp³-hybridized carbons (Fsp3) is 0.304. The minimum atomic E-state index is -0.210. The number of pyridine rings is 1. The lowest BCUT2D eigenvalue weighted by Gasteiger charge is -2.25. The number of nitrogens with one attached hydrogen (secondary N) is 2. The lowest BCUT2D eigenvalue weighted by Crippen LogP contribution is -2.36. The molecule has 3 aromatic rings. The summed E-state index contributed by atoms with van der Waals surface area (Å²) in [4.78, 5) is 29.5. The summed E-state index contributed by atoms with van der Waals surface area (Å²) in [5.41, 5.74) is 4.48. The Hall–Kier alpha value is -3.28. The Bertz CT molecular complexity index is 1090. The van der Waals surface area contributed by atoms with Crippen LogP contribution >= 0.6 is 0 Å². The van der Waals surface area contributed by atoms with Gasteiger partial charge in [-0.2, -0.15) is 0 Å². The molecule has 0 bridgehead atoms. The number of anilines is 2. The molecule has 1 aliphatic heterocycles. The molecule has 29 heavy (non-hydrogen) atoms. The summed E-state index contributed by atoms with van der Waals surface area (Å²) in [6.07, 6.45) is 1.79. The summed E-state index contributed by atoms with van der Waals surface area (Å²) < 4.78 is 4.92. The van der Waals surface area contributed by atoms with E-state index in [9.17, 15) is 9.59 Å². The van der Waals surface area contributed by atoms with Crippen molar-refractivity contribution in [2.45, 2.75) is 32.4 Å². The molecule has 1 unspecified atom stereocenters. The molecule has 4 rings (SSSR count). The summed E-state index contributed by atoms with van der Waals surface area (Å²) >= 11 is 0. The number of fused-ring (bicyclic) bond motifs is 1. The van der Waals surface area contributed by atoms with Gasteiger partial charge in [-0.1, -0.05) is 18.2 Å². The average Bonchev–Trinajstić information content (AvgIpc) is 3.23. The van der Waals surface area contributed by atoms with Crippen LogP contribution in [0.15, 0.2) is 53.3 Å². The first kappa shape index (κ1) is 19.1. The summed E-state index contributed by atoms with van der Waals surface area (Å²) in [6, 6.07) is 15.7. The molecule has 1 saturated heterocycles. The molecular weight excluding hydrogens is 366 g/mol. The second-order valence-corrected chi connectivity index (χ2v) is 7.44. The van der Waals surface area contributed by atoms with Gasteiger partial charge < -0.3 is 19.9 Å². The van der Waals surface area contributed by atoms with E-state index in [2.05, 4.69) is 15.2 Å². The summed E-state index contributed by atoms with van der Waals surface area (Å²) in [5.74, 6) is -0.185. The van der Waals surface area contributed by atoms with Crippen molar-refractivity contribution < 1.29 is 9.53 Å². The Kier molecular flexibility index (Phi) is 5.25. The van der Waals surface area contributed by atoms with Crippen molar-refractivity contribution in [2.75, 3.05) is 23.9 Å². The predicted molar refractivity (Wildman–Crippen MR) is 115 cm³/mol. The van der Waals surface area contributed by atoms with Crippen LogP contribution in [0.3, 0.4) is 0 Å². The van der Waals surface area contributed by atoms with Crippen molar-refractivity contribution in [3.05, 3.63) is 70.0 Å². The third-order valence-corrected chi connectivity index (χ3v) is 5.57. The zero-order chi connectivity index (χ0) is 20.4. The zero-order valence-corrected chi connectivity index (χ0v) is 16.7. The van der Waals surface area contributed by atoms with Crippen molar-refractivity contribution in [2.24, 2.45) is 0 Å². The van der Waals surface area contributed by atoms with Crippen molar-refractivity contribution >= 4 is 28.2 Å². The van der Waals surface area contributed by atoms with Gasteiger partial charge in [0.1, 0.15) is 6.04 Å². The molecule has 0 amide bonds. The molecule has 2 N–H and O–H groups in total. The van der Waals surface area contributed by atoms with Gasteiger partial charge in [-0.05, 0) is 61.0 Å². The Balaban J connectivity index is 1.47. The largest absolute Gasteiger partial charge is 0.467 e. The van der Waals surface area contributed by atoms with Gasteiger partial charge in [-0.25, -0.2) is 4.79 Å². The molecule has 0 aliphatic carbocycles. The maximum Gasteiger partial charge on any atom is 0.328 e. The first-order valence-electron chi connectivity index (χ1n) is 9.87. The number of H-pyrrole nitrogens is 1. The Morgan fingerprint density at radius 2 is 2.03 bits per heavy atom. The number of hydrogen-bond donors (Lipinski definition) is 2. The fourth-order valence-corrected chi connectivity index (χ4v) is 3.98. The van der Waals surface area contributed by atoms with Crippen LogP contribution in [0.25, 0.3) is 10.9 Å². The summed E-state index contributed by atoms with van der Waals surface area (Å²) in [6.45, 7) is 3.27. The van der Waals surface area contributed by atoms with E-state index in [0.717, 1.165) is 47.2 Å². The lowest BCUT2D eigenvalue weighted by molar-refractivity contribution is -0.141. The van der Waals surface area contributed by atoms with Crippen LogP contribution in [0.5, 0.6) is 0 Å². The van der Waals surface area contributed by atoms with Gasteiger partial charge >= 0.3 is 5.97 Å². The van der Waals surface area contributed by atoms with E-state index >= 15 is 0 Å². The van der Waals surface area contributed by atoms with E-state index < -0.39 is 0 Å². The van der Waals surface area contributed by atoms with E-state index in [1.807, 2.05) is 55.5 Å². The molecule has 0 saturated carbocycles. The quantitative estimate of drug-likeness (QED) is 0.650. The first-order chi connectivity index (χ1) is 14.1. The number of rotatable bonds is 5. The van der Waals surface area contributed by atoms with Crippen LogP contribution in [0.2, 0.25) is 0 Å². The fourth-order valence-electron chi connectivity index (χ4n) is 3.98. The number of aromatic amines is 1. The number of aromatic nitrogens is 1. The van der Waals surface area contributed by atoms with Gasteiger partial charge in [0, 0.05) is 30.0 Å². The van der Waals surface area contributed by atoms with Gasteiger partial charge in [0.2, 0.25) is 0 Å². The molecule has 2 aromatic carbocycles. The molecule has 0 spiro atoms. The van der Waals surface area contributed by atoms with E-state index in [0.29, 0.717) is 12.1 Å². The van der Waals surface area contributed by atoms with E-state index in [1.165, 1.54) is 7.11 Å². The number of para-hydroxylation sites is 1. The number of benzene rings is 2. The van der Waals surface area contributed by atoms with Gasteiger partial charge in [0.25, 0.3) is 5.56 Å². The Morgan fingerprint density at radius 1 is 1.24 bits per heavy atom. The van der Waals surface area contributed by atoms with Gasteiger partial charge in [-0.15, -0.1) is 0 Å². The van der Waals surface area contributed by atoms with Crippen molar-refractivity contribution in [1.82, 2.24) is 4.98 Å². The molecule has 2 heterocycles. The van der Waals surface area contributed by atoms with Crippen molar-refractivity contribution in [1.29, 1.82) is 0 Å². The van der Waals surface area contributed by atoms with Gasteiger partial charge in [0.15, 0.2) is 0 Å². The summed E-state index contributed by atoms with van der Waals surface area (Å²) in [5, 5.41) is 4.34. The number of methoxy groups -OCH3 is 1. The lowest BCUT2D eigenvalue weighted by atomic mass is 10.1. The smallest absolute Gasteiger partial charge is 0.328 e. The highest BCUT2D eigenvalue weighted by molar-refractivity contribution is 5.82. The second-order valence-electron chi connectivity index (χ2n) is 7.44. The molecule has 6 heteroatoms. The Morgan fingerprint density at radius 3 is 2.79 bits per heavy atom. The van der Waals surface area contributed by atoms with Crippen LogP contribution in [0.1, 0.15) is 24.0 Å². The number of nitrogens with zero attached hydrogens (tertiary/aromatic N) is 1. The van der Waals surface area contributed by atoms with E-state index in [-0.39, 0.29) is 17.6 Å². The van der Waals surface area contributed by atoms with E-state index in [4.69, 9.17) is 4.74 Å². The third-order valence-electron chi connectivity index (χ3n) is 5.57. The first-order valence-corrected chi connectivity index (χ1v) is 9.87. The van der Waals surface area contributed by atoms with Crippen LogP contribution in [-0.4, -0.2) is 30.6 Å². The molecule has 1 atom stereocenters. The molecule has 1 aliphatic rings. The average molecular weight is 391 g/mol. The van der Waals surface area contributed by atoms with Gasteiger partial charge in [-0.3, -0.25) is 4.79 Å². The maximum atomic E-state index is 12.4. The number of ether oxygens (including phenoxy) is 1. The number of hydrogen-bond acceptors (Lipinski definition) is 5. The number of carbonyl (C=O) groups excluding carboxylic acids is 1. The zero-order valence-electron chi connectivity index (χ0n) is 16.7. The van der Waals surface area contributed by atoms with Gasteiger partial charge in [0.05, 0.1) is 12.6 Å². The normalized spacial score (nSPS) is 16.2. The standard InChI is InChI=1S/C23H25N3O3/c1-15-5-3-6-16-13-17(22(27)25-21(15)16)14-24-18-8-10-19(11-9-18)26-12-4-7-20(26)23(28)29-2/h3,5-6,8-11,13,20,24H,4,7,12,14H2,1-2H3,(H,25,27). The molecular formula is C23H25N3O3. The second kappa shape index (κ2) is 7.99. The number of esters is 1. The SMILES string of the molecule is COC(=O)C1CCCN1c1ccc(NCc2cc3cccc(C)c3[nH]c2=O)cc1. The minimum absolute atomic E-state index is 0.0751. The minimum Gasteiger partial charge on any atom is -0.467 e.